The molecule has 17 heavy (non-hydrogen) atoms. The second-order valence-corrected chi connectivity index (χ2v) is 3.85. The molecule has 0 saturated carbocycles. The van der Waals surface area contributed by atoms with Gasteiger partial charge in [-0.25, -0.2) is 4.39 Å². The van der Waals surface area contributed by atoms with E-state index < -0.39 is 11.7 Å². The Hall–Kier alpha value is -2.15. The summed E-state index contributed by atoms with van der Waals surface area (Å²) < 4.78 is 12.9. The van der Waals surface area contributed by atoms with E-state index in [0.29, 0.717) is 5.56 Å². The van der Waals surface area contributed by atoms with Crippen LogP contribution in [0.2, 0.25) is 0 Å². The Morgan fingerprint density at radius 2 is 2.24 bits per heavy atom. The molecule has 0 spiro atoms. The van der Waals surface area contributed by atoms with Crippen LogP contribution < -0.4 is 5.32 Å². The smallest absolute Gasteiger partial charge is 0.262 e. The SMILES string of the molecule is CC(C)NC(=O)/C(C#N)=C\c1cccc(F)c1. The molecule has 0 aliphatic rings. The molecule has 1 rings (SSSR count). The summed E-state index contributed by atoms with van der Waals surface area (Å²) in [6.07, 6.45) is 1.36. The number of benzene rings is 1. The number of carbonyl (C=O) groups excluding carboxylic acids is 1. The van der Waals surface area contributed by atoms with Crippen molar-refractivity contribution in [3.8, 4) is 6.07 Å². The van der Waals surface area contributed by atoms with Gasteiger partial charge in [-0.1, -0.05) is 12.1 Å². The Labute approximate surface area is 99.6 Å². The molecule has 4 heteroatoms. The number of amides is 1. The molecule has 1 aromatic carbocycles. The topological polar surface area (TPSA) is 52.9 Å². The minimum Gasteiger partial charge on any atom is -0.349 e. The molecule has 0 aliphatic heterocycles. The van der Waals surface area contributed by atoms with E-state index in [2.05, 4.69) is 5.32 Å². The third-order valence-corrected chi connectivity index (χ3v) is 1.94. The highest BCUT2D eigenvalue weighted by Crippen LogP contribution is 2.09. The summed E-state index contributed by atoms with van der Waals surface area (Å²) in [5, 5.41) is 11.5. The molecule has 0 fully saturated rings. The standard InChI is InChI=1S/C13H13FN2O/c1-9(2)16-13(17)11(8-15)6-10-4-3-5-12(14)7-10/h3-7,9H,1-2H3,(H,16,17)/b11-6-. The minimum atomic E-state index is -0.452. The molecule has 1 aromatic rings. The van der Waals surface area contributed by atoms with E-state index in [4.69, 9.17) is 5.26 Å². The van der Waals surface area contributed by atoms with Crippen LogP contribution in [0.4, 0.5) is 4.39 Å². The third kappa shape index (κ3) is 4.07. The maximum Gasteiger partial charge on any atom is 0.262 e. The highest BCUT2D eigenvalue weighted by atomic mass is 19.1. The van der Waals surface area contributed by atoms with Crippen molar-refractivity contribution in [2.75, 3.05) is 0 Å². The predicted octanol–water partition coefficient (Wildman–Crippen LogP) is 2.26. The van der Waals surface area contributed by atoms with Crippen molar-refractivity contribution >= 4 is 12.0 Å². The van der Waals surface area contributed by atoms with Crippen molar-refractivity contribution < 1.29 is 9.18 Å². The fourth-order valence-corrected chi connectivity index (χ4v) is 1.25. The van der Waals surface area contributed by atoms with Crippen molar-refractivity contribution in [1.29, 1.82) is 5.26 Å². The molecule has 0 unspecified atom stereocenters. The third-order valence-electron chi connectivity index (χ3n) is 1.94. The molecule has 0 aromatic heterocycles. The van der Waals surface area contributed by atoms with Gasteiger partial charge in [-0.2, -0.15) is 5.26 Å². The van der Waals surface area contributed by atoms with Crippen LogP contribution in [0.5, 0.6) is 0 Å². The number of halogens is 1. The molecule has 88 valence electrons. The first-order valence-corrected chi connectivity index (χ1v) is 5.21. The normalized spacial score (nSPS) is 11.1. The first-order chi connectivity index (χ1) is 8.02. The molecule has 1 N–H and O–H groups in total. The van der Waals surface area contributed by atoms with Gasteiger partial charge in [-0.05, 0) is 37.6 Å². The van der Waals surface area contributed by atoms with E-state index in [-0.39, 0.29) is 11.6 Å². The van der Waals surface area contributed by atoms with Gasteiger partial charge in [0.2, 0.25) is 0 Å². The van der Waals surface area contributed by atoms with Crippen molar-refractivity contribution in [1.82, 2.24) is 5.32 Å². The van der Waals surface area contributed by atoms with Crippen molar-refractivity contribution in [3.63, 3.8) is 0 Å². The van der Waals surface area contributed by atoms with Crippen LogP contribution in [0.1, 0.15) is 19.4 Å². The van der Waals surface area contributed by atoms with Crippen LogP contribution >= 0.6 is 0 Å². The molecular weight excluding hydrogens is 219 g/mol. The Kier molecular flexibility index (Phi) is 4.41. The molecule has 0 aliphatic carbocycles. The van der Waals surface area contributed by atoms with E-state index in [1.165, 1.54) is 24.3 Å². The van der Waals surface area contributed by atoms with Crippen LogP contribution in [0.3, 0.4) is 0 Å². The van der Waals surface area contributed by atoms with Crippen molar-refractivity contribution in [2.45, 2.75) is 19.9 Å². The highest BCUT2D eigenvalue weighted by molar-refractivity contribution is 6.01. The van der Waals surface area contributed by atoms with Crippen LogP contribution in [-0.4, -0.2) is 11.9 Å². The molecule has 0 radical (unpaired) electrons. The average Bonchev–Trinajstić information content (AvgIpc) is 2.24. The molecule has 0 heterocycles. The van der Waals surface area contributed by atoms with Crippen LogP contribution in [0, 0.1) is 17.1 Å². The molecule has 0 atom stereocenters. The number of hydrogen-bond acceptors (Lipinski definition) is 2. The van der Waals surface area contributed by atoms with Gasteiger partial charge in [-0.3, -0.25) is 4.79 Å². The number of carbonyl (C=O) groups is 1. The maximum atomic E-state index is 12.9. The van der Waals surface area contributed by atoms with Gasteiger partial charge < -0.3 is 5.32 Å². The number of nitrogens with zero attached hydrogens (tertiary/aromatic N) is 1. The number of hydrogen-bond donors (Lipinski definition) is 1. The number of nitriles is 1. The van der Waals surface area contributed by atoms with Gasteiger partial charge in [-0.15, -0.1) is 0 Å². The van der Waals surface area contributed by atoms with Crippen LogP contribution in [0.15, 0.2) is 29.8 Å². The van der Waals surface area contributed by atoms with Crippen molar-refractivity contribution in [3.05, 3.63) is 41.2 Å². The Morgan fingerprint density at radius 1 is 1.53 bits per heavy atom. The largest absolute Gasteiger partial charge is 0.349 e. The monoisotopic (exact) mass is 232 g/mol. The van der Waals surface area contributed by atoms with Gasteiger partial charge in [0, 0.05) is 6.04 Å². The summed E-state index contributed by atoms with van der Waals surface area (Å²) in [6.45, 7) is 3.60. The van der Waals surface area contributed by atoms with Crippen LogP contribution in [0.25, 0.3) is 6.08 Å². The van der Waals surface area contributed by atoms with Gasteiger partial charge in [0.15, 0.2) is 0 Å². The quantitative estimate of drug-likeness (QED) is 0.642. The molecule has 0 bridgehead atoms. The van der Waals surface area contributed by atoms with E-state index in [0.717, 1.165) is 0 Å². The lowest BCUT2D eigenvalue weighted by Gasteiger charge is -2.06. The fraction of sp³-hybridized carbons (Fsp3) is 0.231. The maximum absolute atomic E-state index is 12.9. The average molecular weight is 232 g/mol. The minimum absolute atomic E-state index is 0.0377. The Balaban J connectivity index is 2.95. The second-order valence-electron chi connectivity index (χ2n) is 3.85. The lowest BCUT2D eigenvalue weighted by atomic mass is 10.1. The summed E-state index contributed by atoms with van der Waals surface area (Å²) >= 11 is 0. The zero-order valence-electron chi connectivity index (χ0n) is 9.70. The summed E-state index contributed by atoms with van der Waals surface area (Å²) in [7, 11) is 0. The van der Waals surface area contributed by atoms with Gasteiger partial charge in [0.25, 0.3) is 5.91 Å². The van der Waals surface area contributed by atoms with Gasteiger partial charge >= 0.3 is 0 Å². The van der Waals surface area contributed by atoms with Crippen LogP contribution in [-0.2, 0) is 4.79 Å². The van der Waals surface area contributed by atoms with E-state index in [1.807, 2.05) is 0 Å². The number of nitrogens with one attached hydrogen (secondary N) is 1. The highest BCUT2D eigenvalue weighted by Gasteiger charge is 2.09. The lowest BCUT2D eigenvalue weighted by Crippen LogP contribution is -2.30. The molecule has 3 nitrogen and oxygen atoms in total. The lowest BCUT2D eigenvalue weighted by molar-refractivity contribution is -0.117. The zero-order valence-corrected chi connectivity index (χ0v) is 9.70. The molecular formula is C13H13FN2O. The summed E-state index contributed by atoms with van der Waals surface area (Å²) in [5.41, 5.74) is 0.449. The predicted molar refractivity (Wildman–Crippen MR) is 63.3 cm³/mol. The molecule has 0 saturated heterocycles. The van der Waals surface area contributed by atoms with E-state index in [9.17, 15) is 9.18 Å². The summed E-state index contributed by atoms with van der Waals surface area (Å²) in [4.78, 5) is 11.6. The molecule has 1 amide bonds. The first-order valence-electron chi connectivity index (χ1n) is 5.21. The summed E-state index contributed by atoms with van der Waals surface area (Å²) in [5.74, 6) is -0.855. The first kappa shape index (κ1) is 12.9. The van der Waals surface area contributed by atoms with Gasteiger partial charge in [0.05, 0.1) is 0 Å². The Morgan fingerprint density at radius 3 is 2.76 bits per heavy atom. The van der Waals surface area contributed by atoms with Gasteiger partial charge in [0.1, 0.15) is 17.5 Å². The van der Waals surface area contributed by atoms with Crippen molar-refractivity contribution in [2.24, 2.45) is 0 Å². The Bertz CT molecular complexity index is 486. The fourth-order valence-electron chi connectivity index (χ4n) is 1.25. The van der Waals surface area contributed by atoms with E-state index >= 15 is 0 Å². The van der Waals surface area contributed by atoms with E-state index in [1.54, 1.807) is 26.0 Å². The summed E-state index contributed by atoms with van der Waals surface area (Å²) in [6, 6.07) is 7.47. The zero-order chi connectivity index (χ0) is 12.8. The second kappa shape index (κ2) is 5.80. The number of rotatable bonds is 3.